The molecule has 8 heteroatoms. The number of rotatable bonds is 6. The molecule has 2 rings (SSSR count). The lowest BCUT2D eigenvalue weighted by Gasteiger charge is -2.12. The highest BCUT2D eigenvalue weighted by Gasteiger charge is 2.22. The second-order valence-corrected chi connectivity index (χ2v) is 7.61. The van der Waals surface area contributed by atoms with Gasteiger partial charge in [-0.1, -0.05) is 18.9 Å². The summed E-state index contributed by atoms with van der Waals surface area (Å²) in [4.78, 5) is 23.9. The average Bonchev–Trinajstić information content (AvgIpc) is 3.04. The summed E-state index contributed by atoms with van der Waals surface area (Å²) in [7, 11) is -3.86. The highest BCUT2D eigenvalue weighted by Crippen LogP contribution is 2.24. The zero-order chi connectivity index (χ0) is 17.7. The lowest BCUT2D eigenvalue weighted by Crippen LogP contribution is -2.37. The molecule has 1 aliphatic carbocycles. The molecule has 0 radical (unpaired) electrons. The number of nitrogens with one attached hydrogen (secondary N) is 2. The quantitative estimate of drug-likeness (QED) is 0.652. The molecule has 7 nitrogen and oxygen atoms in total. The molecule has 0 bridgehead atoms. The van der Waals surface area contributed by atoms with Gasteiger partial charge in [0, 0.05) is 24.6 Å². The average molecular weight is 353 g/mol. The predicted molar refractivity (Wildman–Crippen MR) is 89.9 cm³/mol. The summed E-state index contributed by atoms with van der Waals surface area (Å²) in [5.74, 6) is -0.267. The number of nitrogens with two attached hydrogens (primary N) is 1. The fourth-order valence-corrected chi connectivity index (χ4v) is 3.35. The first-order valence-electron chi connectivity index (χ1n) is 7.98. The van der Waals surface area contributed by atoms with Gasteiger partial charge in [0.15, 0.2) is 0 Å². The third kappa shape index (κ3) is 4.78. The van der Waals surface area contributed by atoms with Gasteiger partial charge in [-0.05, 0) is 37.5 Å². The Kier molecular flexibility index (Phi) is 5.95. The second kappa shape index (κ2) is 7.76. The summed E-state index contributed by atoms with van der Waals surface area (Å²) in [5.41, 5.74) is 0.901. The zero-order valence-electron chi connectivity index (χ0n) is 13.7. The van der Waals surface area contributed by atoms with Gasteiger partial charge < -0.3 is 10.6 Å². The normalized spacial score (nSPS) is 15.2. The van der Waals surface area contributed by atoms with Crippen molar-refractivity contribution in [3.63, 3.8) is 0 Å². The minimum absolute atomic E-state index is 0.0363. The topological polar surface area (TPSA) is 118 Å². The number of sulfonamides is 1. The monoisotopic (exact) mass is 353 g/mol. The van der Waals surface area contributed by atoms with E-state index < -0.39 is 15.9 Å². The first-order chi connectivity index (χ1) is 11.3. The van der Waals surface area contributed by atoms with Gasteiger partial charge in [0.05, 0.1) is 4.90 Å². The van der Waals surface area contributed by atoms with E-state index in [4.69, 9.17) is 5.14 Å². The fourth-order valence-electron chi connectivity index (χ4n) is 2.81. The van der Waals surface area contributed by atoms with E-state index in [0.29, 0.717) is 12.1 Å². The number of primary sulfonamides is 1. The molecule has 24 heavy (non-hydrogen) atoms. The summed E-state index contributed by atoms with van der Waals surface area (Å²) < 4.78 is 22.8. The molecule has 1 aliphatic rings. The fraction of sp³-hybridized carbons (Fsp3) is 0.500. The van der Waals surface area contributed by atoms with E-state index in [2.05, 4.69) is 10.6 Å². The Morgan fingerprint density at radius 2 is 1.79 bits per heavy atom. The molecule has 132 valence electrons. The maximum absolute atomic E-state index is 12.2. The maximum atomic E-state index is 12.2. The van der Waals surface area contributed by atoms with Gasteiger partial charge >= 0.3 is 0 Å². The van der Waals surface area contributed by atoms with Crippen molar-refractivity contribution < 1.29 is 18.0 Å². The van der Waals surface area contributed by atoms with E-state index in [9.17, 15) is 18.0 Å². The van der Waals surface area contributed by atoms with E-state index in [0.717, 1.165) is 25.7 Å². The van der Waals surface area contributed by atoms with Crippen LogP contribution in [-0.4, -0.2) is 33.3 Å². The highest BCUT2D eigenvalue weighted by molar-refractivity contribution is 7.89. The Morgan fingerprint density at radius 3 is 2.42 bits per heavy atom. The Labute approximate surface area is 142 Å². The number of carbonyl (C=O) groups is 2. The molecule has 4 N–H and O–H groups in total. The Balaban J connectivity index is 1.87. The van der Waals surface area contributed by atoms with Crippen molar-refractivity contribution in [1.82, 2.24) is 10.6 Å². The van der Waals surface area contributed by atoms with E-state index in [1.807, 2.05) is 0 Å². The lowest BCUT2D eigenvalue weighted by atomic mass is 10.1. The first kappa shape index (κ1) is 18.4. The molecule has 1 aromatic carbocycles. The molecule has 0 spiro atoms. The summed E-state index contributed by atoms with van der Waals surface area (Å²) in [5, 5.41) is 10.6. The van der Waals surface area contributed by atoms with Crippen LogP contribution < -0.4 is 15.8 Å². The van der Waals surface area contributed by atoms with Crippen molar-refractivity contribution in [2.24, 2.45) is 11.1 Å². The van der Waals surface area contributed by atoms with Crippen LogP contribution in [0.25, 0.3) is 0 Å². The summed E-state index contributed by atoms with van der Waals surface area (Å²) in [6.07, 6.45) is 4.04. The van der Waals surface area contributed by atoms with Crippen molar-refractivity contribution in [3.8, 4) is 0 Å². The Hall–Kier alpha value is -1.93. The van der Waals surface area contributed by atoms with Gasteiger partial charge in [-0.25, -0.2) is 13.6 Å². The number of aryl methyl sites for hydroxylation is 1. The molecule has 1 saturated carbocycles. The minimum atomic E-state index is -3.86. The van der Waals surface area contributed by atoms with E-state index >= 15 is 0 Å². The molecule has 0 unspecified atom stereocenters. The van der Waals surface area contributed by atoms with Gasteiger partial charge in [-0.2, -0.15) is 0 Å². The highest BCUT2D eigenvalue weighted by atomic mass is 32.2. The van der Waals surface area contributed by atoms with Crippen LogP contribution >= 0.6 is 0 Å². The maximum Gasteiger partial charge on any atom is 0.251 e. The number of carbonyl (C=O) groups excluding carboxylic acids is 2. The zero-order valence-corrected chi connectivity index (χ0v) is 14.5. The molecule has 2 amide bonds. The summed E-state index contributed by atoms with van der Waals surface area (Å²) in [6, 6.07) is 4.16. The predicted octanol–water partition coefficient (Wildman–Crippen LogP) is 0.679. The number of hydrogen-bond acceptors (Lipinski definition) is 4. The van der Waals surface area contributed by atoms with Gasteiger partial charge in [0.2, 0.25) is 15.9 Å². The van der Waals surface area contributed by atoms with Crippen LogP contribution in [0.1, 0.15) is 41.6 Å². The SMILES string of the molecule is Cc1ccc(S(N)(=O)=O)cc1C(=O)NCCNC(=O)C1CCCC1. The molecule has 0 heterocycles. The van der Waals surface area contributed by atoms with E-state index in [1.165, 1.54) is 18.2 Å². The van der Waals surface area contributed by atoms with Gasteiger partial charge in [0.1, 0.15) is 0 Å². The number of hydrogen-bond donors (Lipinski definition) is 3. The molecular weight excluding hydrogens is 330 g/mol. The van der Waals surface area contributed by atoms with Crippen LogP contribution in [0.3, 0.4) is 0 Å². The van der Waals surface area contributed by atoms with Crippen molar-refractivity contribution >= 4 is 21.8 Å². The smallest absolute Gasteiger partial charge is 0.251 e. The number of amides is 2. The largest absolute Gasteiger partial charge is 0.354 e. The number of benzene rings is 1. The molecule has 0 aromatic heterocycles. The van der Waals surface area contributed by atoms with E-state index in [-0.39, 0.29) is 28.8 Å². The van der Waals surface area contributed by atoms with Gasteiger partial charge in [-0.15, -0.1) is 0 Å². The van der Waals surface area contributed by atoms with Crippen molar-refractivity contribution in [2.75, 3.05) is 13.1 Å². The van der Waals surface area contributed by atoms with Crippen molar-refractivity contribution in [3.05, 3.63) is 29.3 Å². The van der Waals surface area contributed by atoms with Crippen LogP contribution in [-0.2, 0) is 14.8 Å². The van der Waals surface area contributed by atoms with Crippen molar-refractivity contribution in [1.29, 1.82) is 0 Å². The van der Waals surface area contributed by atoms with Crippen LogP contribution in [0.4, 0.5) is 0 Å². The van der Waals surface area contributed by atoms with Gasteiger partial charge in [0.25, 0.3) is 5.91 Å². The molecule has 1 aromatic rings. The third-order valence-corrected chi connectivity index (χ3v) is 5.13. The van der Waals surface area contributed by atoms with E-state index in [1.54, 1.807) is 6.92 Å². The standard InChI is InChI=1S/C16H23N3O4S/c1-11-6-7-13(24(17,22)23)10-14(11)16(21)19-9-8-18-15(20)12-4-2-3-5-12/h6-7,10,12H,2-5,8-9H2,1H3,(H,18,20)(H,19,21)(H2,17,22,23). The first-order valence-corrected chi connectivity index (χ1v) is 9.53. The van der Waals surface area contributed by atoms with Crippen LogP contribution in [0.15, 0.2) is 23.1 Å². The molecular formula is C16H23N3O4S. The molecule has 0 atom stereocenters. The van der Waals surface area contributed by atoms with Crippen LogP contribution in [0.2, 0.25) is 0 Å². The third-order valence-electron chi connectivity index (χ3n) is 4.22. The Bertz CT molecular complexity index is 725. The summed E-state index contributed by atoms with van der Waals surface area (Å²) in [6.45, 7) is 2.33. The summed E-state index contributed by atoms with van der Waals surface area (Å²) >= 11 is 0. The Morgan fingerprint density at radius 1 is 1.17 bits per heavy atom. The molecule has 1 fully saturated rings. The molecule has 0 aliphatic heterocycles. The van der Waals surface area contributed by atoms with Gasteiger partial charge in [-0.3, -0.25) is 9.59 Å². The second-order valence-electron chi connectivity index (χ2n) is 6.05. The molecule has 0 saturated heterocycles. The van der Waals surface area contributed by atoms with Crippen molar-refractivity contribution in [2.45, 2.75) is 37.5 Å². The lowest BCUT2D eigenvalue weighted by molar-refractivity contribution is -0.124. The minimum Gasteiger partial charge on any atom is -0.354 e. The van der Waals surface area contributed by atoms with Crippen LogP contribution in [0, 0.1) is 12.8 Å². The van der Waals surface area contributed by atoms with Crippen LogP contribution in [0.5, 0.6) is 0 Å².